The van der Waals surface area contributed by atoms with Crippen molar-refractivity contribution in [1.29, 1.82) is 0 Å². The fourth-order valence-corrected chi connectivity index (χ4v) is 2.16. The summed E-state index contributed by atoms with van der Waals surface area (Å²) in [5, 5.41) is 3.70. The maximum absolute atomic E-state index is 12.2. The van der Waals surface area contributed by atoms with Crippen LogP contribution in [0, 0.1) is 0 Å². The van der Waals surface area contributed by atoms with Gasteiger partial charge in [-0.15, -0.1) is 0 Å². The van der Waals surface area contributed by atoms with Crippen molar-refractivity contribution in [2.75, 3.05) is 14.2 Å². The second-order valence-corrected chi connectivity index (χ2v) is 5.28. The largest absolute Gasteiger partial charge is 0.493 e. The first-order valence-corrected chi connectivity index (χ1v) is 8.07. The highest BCUT2D eigenvalue weighted by atomic mass is 16.7. The second-order valence-electron chi connectivity index (χ2n) is 5.28. The van der Waals surface area contributed by atoms with E-state index in [0.29, 0.717) is 29.2 Å². The fraction of sp³-hybridized carbons (Fsp3) is 0.263. The topological polar surface area (TPSA) is 92.4 Å². The van der Waals surface area contributed by atoms with Crippen molar-refractivity contribution in [3.05, 3.63) is 54.1 Å². The predicted octanol–water partition coefficient (Wildman–Crippen LogP) is 2.72. The summed E-state index contributed by atoms with van der Waals surface area (Å²) < 4.78 is 16.0. The average molecular weight is 358 g/mol. The van der Waals surface area contributed by atoms with Crippen LogP contribution in [0.1, 0.15) is 18.9 Å². The maximum atomic E-state index is 12.2. The van der Waals surface area contributed by atoms with Crippen LogP contribution < -0.4 is 19.9 Å². The van der Waals surface area contributed by atoms with Crippen molar-refractivity contribution in [2.45, 2.75) is 19.4 Å². The molecule has 0 saturated heterocycles. The van der Waals surface area contributed by atoms with E-state index in [9.17, 15) is 4.79 Å². The lowest BCUT2D eigenvalue weighted by Gasteiger charge is -2.14. The van der Waals surface area contributed by atoms with E-state index in [1.165, 1.54) is 14.2 Å². The van der Waals surface area contributed by atoms with Crippen molar-refractivity contribution < 1.29 is 23.8 Å². The summed E-state index contributed by atoms with van der Waals surface area (Å²) in [5.74, 6) is 1.04. The number of rotatable bonds is 8. The quantitative estimate of drug-likeness (QED) is 0.338. The minimum atomic E-state index is -0.778. The van der Waals surface area contributed by atoms with Crippen molar-refractivity contribution in [1.82, 2.24) is 0 Å². The smallest absolute Gasteiger partial charge is 0.375 e. The molecule has 0 bridgehead atoms. The second kappa shape index (κ2) is 9.31. The van der Waals surface area contributed by atoms with Crippen molar-refractivity contribution in [2.24, 2.45) is 10.9 Å². The molecule has 0 heterocycles. The molecule has 0 amide bonds. The number of benzene rings is 2. The van der Waals surface area contributed by atoms with E-state index in [1.807, 2.05) is 25.1 Å². The van der Waals surface area contributed by atoms with E-state index >= 15 is 0 Å². The lowest BCUT2D eigenvalue weighted by molar-refractivity contribution is -0.152. The van der Waals surface area contributed by atoms with Crippen LogP contribution in [0.15, 0.2) is 53.7 Å². The Bertz CT molecular complexity index is 762. The van der Waals surface area contributed by atoms with Crippen LogP contribution in [0.5, 0.6) is 17.2 Å². The normalized spacial score (nSPS) is 12.2. The van der Waals surface area contributed by atoms with Gasteiger partial charge in [0.2, 0.25) is 0 Å². The summed E-state index contributed by atoms with van der Waals surface area (Å²) >= 11 is 0. The zero-order chi connectivity index (χ0) is 18.9. The highest BCUT2D eigenvalue weighted by Crippen LogP contribution is 2.27. The van der Waals surface area contributed by atoms with Crippen LogP contribution in [0.3, 0.4) is 0 Å². The van der Waals surface area contributed by atoms with Crippen LogP contribution in [-0.2, 0) is 9.63 Å². The highest BCUT2D eigenvalue weighted by molar-refractivity contribution is 5.98. The van der Waals surface area contributed by atoms with E-state index in [1.54, 1.807) is 30.3 Å². The Kier molecular flexibility index (Phi) is 6.84. The van der Waals surface area contributed by atoms with Crippen LogP contribution in [0.4, 0.5) is 0 Å². The Hall–Kier alpha value is -3.22. The summed E-state index contributed by atoms with van der Waals surface area (Å²) in [6.45, 7) is 1.82. The minimum absolute atomic E-state index is 0.0360. The summed E-state index contributed by atoms with van der Waals surface area (Å²) in [4.78, 5) is 17.1. The molecule has 0 saturated carbocycles. The molecule has 1 unspecified atom stereocenters. The van der Waals surface area contributed by atoms with E-state index in [4.69, 9.17) is 24.8 Å². The molecule has 0 aliphatic carbocycles. The number of nitrogens with zero attached hydrogens (tertiary/aromatic N) is 1. The zero-order valence-electron chi connectivity index (χ0n) is 15.0. The molecule has 0 fully saturated rings. The number of amidine groups is 1. The third-order valence-electron chi connectivity index (χ3n) is 3.57. The van der Waals surface area contributed by atoms with E-state index in [-0.39, 0.29) is 5.84 Å². The molecule has 2 N–H and O–H groups in total. The van der Waals surface area contributed by atoms with Crippen molar-refractivity contribution >= 4 is 11.8 Å². The van der Waals surface area contributed by atoms with Crippen LogP contribution in [0.25, 0.3) is 0 Å². The SMILES string of the molecule is CCC(Oc1ccccc1)C(=O)O/N=C(/N)c1ccc(OC)c(OC)c1. The van der Waals surface area contributed by atoms with Gasteiger partial charge in [-0.25, -0.2) is 4.79 Å². The van der Waals surface area contributed by atoms with Crippen molar-refractivity contribution in [3.63, 3.8) is 0 Å². The first kappa shape index (κ1) is 19.1. The molecule has 7 heteroatoms. The first-order chi connectivity index (χ1) is 12.6. The van der Waals surface area contributed by atoms with Gasteiger partial charge < -0.3 is 24.8 Å². The molecular weight excluding hydrogens is 336 g/mol. The standard InChI is InChI=1S/C19H22N2O5/c1-4-15(25-14-8-6-5-7-9-14)19(22)26-21-18(20)13-10-11-16(23-2)17(12-13)24-3/h5-12,15H,4H2,1-3H3,(H2,20,21). The Morgan fingerprint density at radius 1 is 1.08 bits per heavy atom. The first-order valence-electron chi connectivity index (χ1n) is 8.07. The molecule has 0 aliphatic rings. The van der Waals surface area contributed by atoms with Gasteiger partial charge in [0, 0.05) is 5.56 Å². The van der Waals surface area contributed by atoms with Gasteiger partial charge in [-0.05, 0) is 36.8 Å². The molecule has 138 valence electrons. The maximum Gasteiger partial charge on any atom is 0.375 e. The molecule has 2 rings (SSSR count). The minimum Gasteiger partial charge on any atom is -0.493 e. The van der Waals surface area contributed by atoms with Gasteiger partial charge in [0.1, 0.15) is 5.75 Å². The Morgan fingerprint density at radius 2 is 1.77 bits per heavy atom. The van der Waals surface area contributed by atoms with Gasteiger partial charge in [-0.1, -0.05) is 30.3 Å². The molecule has 0 spiro atoms. The molecule has 26 heavy (non-hydrogen) atoms. The molecule has 1 atom stereocenters. The number of carbonyl (C=O) groups is 1. The molecule has 7 nitrogen and oxygen atoms in total. The average Bonchev–Trinajstić information content (AvgIpc) is 2.70. The van der Waals surface area contributed by atoms with Gasteiger partial charge >= 0.3 is 5.97 Å². The fourth-order valence-electron chi connectivity index (χ4n) is 2.16. The summed E-state index contributed by atoms with van der Waals surface area (Å²) in [5.41, 5.74) is 6.42. The number of oxime groups is 1. The summed E-state index contributed by atoms with van der Waals surface area (Å²) in [7, 11) is 3.05. The number of hydrogen-bond acceptors (Lipinski definition) is 6. The van der Waals surface area contributed by atoms with Gasteiger partial charge in [0.25, 0.3) is 0 Å². The molecule has 0 radical (unpaired) electrons. The van der Waals surface area contributed by atoms with Gasteiger partial charge in [0.15, 0.2) is 23.4 Å². The third-order valence-corrected chi connectivity index (χ3v) is 3.57. The van der Waals surface area contributed by atoms with Crippen LogP contribution in [0.2, 0.25) is 0 Å². The Labute approximate surface area is 152 Å². The number of hydrogen-bond donors (Lipinski definition) is 1. The van der Waals surface area contributed by atoms with E-state index in [0.717, 1.165) is 0 Å². The van der Waals surface area contributed by atoms with E-state index < -0.39 is 12.1 Å². The van der Waals surface area contributed by atoms with Gasteiger partial charge in [-0.3, -0.25) is 0 Å². The van der Waals surface area contributed by atoms with Crippen LogP contribution >= 0.6 is 0 Å². The predicted molar refractivity (Wildman–Crippen MR) is 97.5 cm³/mol. The van der Waals surface area contributed by atoms with Gasteiger partial charge in [0.05, 0.1) is 14.2 Å². The number of para-hydroxylation sites is 1. The number of methoxy groups -OCH3 is 2. The van der Waals surface area contributed by atoms with Crippen LogP contribution in [-0.4, -0.2) is 32.1 Å². The molecule has 2 aromatic rings. The lowest BCUT2D eigenvalue weighted by Crippen LogP contribution is -2.28. The van der Waals surface area contributed by atoms with Crippen molar-refractivity contribution in [3.8, 4) is 17.2 Å². The monoisotopic (exact) mass is 358 g/mol. The zero-order valence-corrected chi connectivity index (χ0v) is 15.0. The Morgan fingerprint density at radius 3 is 2.38 bits per heavy atom. The molecule has 2 aromatic carbocycles. The molecule has 0 aliphatic heterocycles. The van der Waals surface area contributed by atoms with E-state index in [2.05, 4.69) is 5.16 Å². The lowest BCUT2D eigenvalue weighted by atomic mass is 10.2. The molecule has 0 aromatic heterocycles. The number of carbonyl (C=O) groups excluding carboxylic acids is 1. The summed E-state index contributed by atoms with van der Waals surface area (Å²) in [6.07, 6.45) is -0.348. The number of ether oxygens (including phenoxy) is 3. The number of nitrogens with two attached hydrogens (primary N) is 1. The molecular formula is C19H22N2O5. The highest BCUT2D eigenvalue weighted by Gasteiger charge is 2.21. The summed E-state index contributed by atoms with van der Waals surface area (Å²) in [6, 6.07) is 14.0. The van der Waals surface area contributed by atoms with Gasteiger partial charge in [-0.2, -0.15) is 0 Å². The third kappa shape index (κ3) is 4.89. The Balaban J connectivity index is 2.05.